The molecular formula is C17H14ClN5O. The Morgan fingerprint density at radius 2 is 2.00 bits per heavy atom. The SMILES string of the molecule is Nc1cc(NCc2ccc(Cl)cc2)cc2nc(-c3ccco3)nn12. The molecule has 24 heavy (non-hydrogen) atoms. The van der Waals surface area contributed by atoms with Crippen LogP contribution in [0.3, 0.4) is 0 Å². The van der Waals surface area contributed by atoms with Crippen molar-refractivity contribution >= 4 is 28.8 Å². The number of pyridine rings is 1. The molecule has 0 radical (unpaired) electrons. The number of anilines is 2. The van der Waals surface area contributed by atoms with Crippen molar-refractivity contribution in [1.82, 2.24) is 14.6 Å². The van der Waals surface area contributed by atoms with Crippen molar-refractivity contribution in [3.05, 3.63) is 65.4 Å². The topological polar surface area (TPSA) is 81.4 Å². The molecule has 0 saturated carbocycles. The van der Waals surface area contributed by atoms with Gasteiger partial charge in [0.25, 0.3) is 0 Å². The summed E-state index contributed by atoms with van der Waals surface area (Å²) in [5.41, 5.74) is 8.73. The molecule has 0 spiro atoms. The number of benzene rings is 1. The van der Waals surface area contributed by atoms with E-state index in [-0.39, 0.29) is 0 Å². The van der Waals surface area contributed by atoms with Crippen molar-refractivity contribution in [1.29, 1.82) is 0 Å². The maximum absolute atomic E-state index is 6.08. The van der Waals surface area contributed by atoms with Crippen LogP contribution in [0.15, 0.2) is 59.2 Å². The Hall–Kier alpha value is -2.99. The second-order valence-corrected chi connectivity index (χ2v) is 5.77. The van der Waals surface area contributed by atoms with Crippen LogP contribution < -0.4 is 11.1 Å². The number of fused-ring (bicyclic) bond motifs is 1. The van der Waals surface area contributed by atoms with E-state index in [1.807, 2.05) is 42.5 Å². The van der Waals surface area contributed by atoms with Crippen LogP contribution in [0.1, 0.15) is 5.56 Å². The second-order valence-electron chi connectivity index (χ2n) is 5.33. The first-order valence-electron chi connectivity index (χ1n) is 7.37. The zero-order valence-corrected chi connectivity index (χ0v) is 13.4. The Kier molecular flexibility index (Phi) is 3.59. The summed E-state index contributed by atoms with van der Waals surface area (Å²) >= 11 is 5.90. The molecule has 7 heteroatoms. The normalized spacial score (nSPS) is 11.0. The summed E-state index contributed by atoms with van der Waals surface area (Å²) in [7, 11) is 0. The Morgan fingerprint density at radius 1 is 1.17 bits per heavy atom. The van der Waals surface area contributed by atoms with Crippen LogP contribution in [-0.4, -0.2) is 14.6 Å². The van der Waals surface area contributed by atoms with Crippen molar-refractivity contribution in [2.24, 2.45) is 0 Å². The van der Waals surface area contributed by atoms with Gasteiger partial charge >= 0.3 is 0 Å². The van der Waals surface area contributed by atoms with E-state index < -0.39 is 0 Å². The fourth-order valence-electron chi connectivity index (χ4n) is 2.43. The molecular weight excluding hydrogens is 326 g/mol. The summed E-state index contributed by atoms with van der Waals surface area (Å²) in [4.78, 5) is 4.46. The van der Waals surface area contributed by atoms with Gasteiger partial charge in [-0.1, -0.05) is 23.7 Å². The number of nitrogens with zero attached hydrogens (tertiary/aromatic N) is 3. The predicted octanol–water partition coefficient (Wildman–Crippen LogP) is 3.84. The van der Waals surface area contributed by atoms with Gasteiger partial charge in [0, 0.05) is 29.4 Å². The minimum atomic E-state index is 0.497. The van der Waals surface area contributed by atoms with E-state index in [4.69, 9.17) is 21.8 Å². The lowest BCUT2D eigenvalue weighted by atomic mass is 10.2. The van der Waals surface area contributed by atoms with Crippen LogP contribution in [0.4, 0.5) is 11.5 Å². The van der Waals surface area contributed by atoms with Crippen LogP contribution in [0.5, 0.6) is 0 Å². The molecule has 0 aliphatic carbocycles. The molecule has 3 N–H and O–H groups in total. The van der Waals surface area contributed by atoms with Crippen LogP contribution >= 0.6 is 11.6 Å². The number of furan rings is 1. The van der Waals surface area contributed by atoms with Gasteiger partial charge in [0.15, 0.2) is 11.4 Å². The van der Waals surface area contributed by atoms with Gasteiger partial charge in [-0.25, -0.2) is 4.98 Å². The van der Waals surface area contributed by atoms with Gasteiger partial charge in [0.05, 0.1) is 6.26 Å². The highest BCUT2D eigenvalue weighted by molar-refractivity contribution is 6.30. The summed E-state index contributed by atoms with van der Waals surface area (Å²) in [6.07, 6.45) is 1.59. The number of nitrogen functional groups attached to an aromatic ring is 1. The monoisotopic (exact) mass is 339 g/mol. The highest BCUT2D eigenvalue weighted by Crippen LogP contribution is 2.22. The molecule has 0 bridgehead atoms. The van der Waals surface area contributed by atoms with Gasteiger partial charge in [-0.05, 0) is 29.8 Å². The van der Waals surface area contributed by atoms with Gasteiger partial charge < -0.3 is 15.5 Å². The highest BCUT2D eigenvalue weighted by atomic mass is 35.5. The lowest BCUT2D eigenvalue weighted by Crippen LogP contribution is -2.03. The molecule has 0 aliphatic rings. The third kappa shape index (κ3) is 2.79. The Morgan fingerprint density at radius 3 is 2.75 bits per heavy atom. The van der Waals surface area contributed by atoms with Crippen LogP contribution in [0.25, 0.3) is 17.2 Å². The number of nitrogens with two attached hydrogens (primary N) is 1. The number of hydrogen-bond donors (Lipinski definition) is 2. The van der Waals surface area contributed by atoms with Gasteiger partial charge in [0.1, 0.15) is 5.82 Å². The Labute approximate surface area is 142 Å². The quantitative estimate of drug-likeness (QED) is 0.590. The van der Waals surface area contributed by atoms with Crippen LogP contribution in [0.2, 0.25) is 5.02 Å². The molecule has 3 heterocycles. The van der Waals surface area contributed by atoms with E-state index in [0.717, 1.165) is 16.3 Å². The third-order valence-corrected chi connectivity index (χ3v) is 3.87. The lowest BCUT2D eigenvalue weighted by Gasteiger charge is -2.08. The number of nitrogens with one attached hydrogen (secondary N) is 1. The summed E-state index contributed by atoms with van der Waals surface area (Å²) in [6.45, 7) is 0.659. The largest absolute Gasteiger partial charge is 0.461 e. The molecule has 0 saturated heterocycles. The Balaban J connectivity index is 1.61. The maximum atomic E-state index is 6.08. The summed E-state index contributed by atoms with van der Waals surface area (Å²) in [6, 6.07) is 15.0. The van der Waals surface area contributed by atoms with Crippen molar-refractivity contribution in [2.45, 2.75) is 6.54 Å². The first-order valence-corrected chi connectivity index (χ1v) is 7.75. The van der Waals surface area contributed by atoms with Crippen molar-refractivity contribution in [2.75, 3.05) is 11.1 Å². The molecule has 0 atom stereocenters. The van der Waals surface area contributed by atoms with E-state index in [1.54, 1.807) is 16.8 Å². The van der Waals surface area contributed by atoms with E-state index in [1.165, 1.54) is 0 Å². The average Bonchev–Trinajstić information content (AvgIpc) is 3.23. The van der Waals surface area contributed by atoms with Gasteiger partial charge in [-0.2, -0.15) is 4.52 Å². The first kappa shape index (κ1) is 14.6. The molecule has 1 aromatic carbocycles. The number of rotatable bonds is 4. The second kappa shape index (κ2) is 5.90. The summed E-state index contributed by atoms with van der Waals surface area (Å²) in [5.74, 6) is 1.60. The van der Waals surface area contributed by atoms with Crippen LogP contribution in [0, 0.1) is 0 Å². The molecule has 4 rings (SSSR count). The average molecular weight is 340 g/mol. The summed E-state index contributed by atoms with van der Waals surface area (Å²) < 4.78 is 6.92. The highest BCUT2D eigenvalue weighted by Gasteiger charge is 2.11. The molecule has 4 aromatic rings. The standard InChI is InChI=1S/C17H14ClN5O/c18-12-5-3-11(4-6-12)10-20-13-8-15(19)23-16(9-13)21-17(22-23)14-2-1-7-24-14/h1-9,20H,10,19H2. The van der Waals surface area contributed by atoms with Gasteiger partial charge in [-0.15, -0.1) is 5.10 Å². The molecule has 0 fully saturated rings. The Bertz CT molecular complexity index is 976. The molecule has 0 unspecified atom stereocenters. The van der Waals surface area contributed by atoms with E-state index in [0.29, 0.717) is 29.6 Å². The van der Waals surface area contributed by atoms with E-state index in [9.17, 15) is 0 Å². The smallest absolute Gasteiger partial charge is 0.217 e. The molecule has 6 nitrogen and oxygen atoms in total. The zero-order valence-electron chi connectivity index (χ0n) is 12.6. The third-order valence-electron chi connectivity index (χ3n) is 3.62. The maximum Gasteiger partial charge on any atom is 0.217 e. The van der Waals surface area contributed by atoms with Gasteiger partial charge in [0.2, 0.25) is 5.82 Å². The zero-order chi connectivity index (χ0) is 16.5. The van der Waals surface area contributed by atoms with Crippen LogP contribution in [-0.2, 0) is 6.54 Å². The van der Waals surface area contributed by atoms with E-state index in [2.05, 4.69) is 15.4 Å². The van der Waals surface area contributed by atoms with Crippen molar-refractivity contribution in [3.8, 4) is 11.6 Å². The van der Waals surface area contributed by atoms with Crippen molar-refractivity contribution in [3.63, 3.8) is 0 Å². The van der Waals surface area contributed by atoms with Gasteiger partial charge in [-0.3, -0.25) is 0 Å². The van der Waals surface area contributed by atoms with E-state index >= 15 is 0 Å². The molecule has 120 valence electrons. The van der Waals surface area contributed by atoms with Crippen molar-refractivity contribution < 1.29 is 4.42 Å². The fourth-order valence-corrected chi connectivity index (χ4v) is 2.55. The fraction of sp³-hybridized carbons (Fsp3) is 0.0588. The first-order chi connectivity index (χ1) is 11.7. The number of aromatic nitrogens is 3. The number of hydrogen-bond acceptors (Lipinski definition) is 5. The minimum Gasteiger partial charge on any atom is -0.461 e. The molecule has 3 aromatic heterocycles. The minimum absolute atomic E-state index is 0.497. The summed E-state index contributed by atoms with van der Waals surface area (Å²) in [5, 5.41) is 8.42. The molecule has 0 aliphatic heterocycles. The molecule has 0 amide bonds. The number of halogens is 1. The predicted molar refractivity (Wildman–Crippen MR) is 93.9 cm³/mol. The lowest BCUT2D eigenvalue weighted by molar-refractivity contribution is 0.577.